The van der Waals surface area contributed by atoms with Crippen LogP contribution in [-0.4, -0.2) is 7.05 Å². The number of unbranched alkanes of at least 4 members (excludes halogenated alkanes) is 15. The van der Waals surface area contributed by atoms with E-state index in [0.29, 0.717) is 0 Å². The van der Waals surface area contributed by atoms with Crippen molar-refractivity contribution in [2.75, 3.05) is 7.05 Å². The number of quaternary nitrogens is 1. The van der Waals surface area contributed by atoms with Gasteiger partial charge in [-0.15, -0.1) is 0 Å². The van der Waals surface area contributed by atoms with Crippen LogP contribution < -0.4 is 21.9 Å². The summed E-state index contributed by atoms with van der Waals surface area (Å²) in [5.74, 6) is 0. The van der Waals surface area contributed by atoms with E-state index in [0.717, 1.165) is 0 Å². The van der Waals surface area contributed by atoms with Crippen molar-refractivity contribution in [3.05, 3.63) is 24.0 Å². The second-order valence-corrected chi connectivity index (χ2v) is 7.85. The fraction of sp³-hybridized carbons (Fsp3) is 0.826. The summed E-state index contributed by atoms with van der Waals surface area (Å²) < 4.78 is 0. The fourth-order valence-corrected chi connectivity index (χ4v) is 3.66. The molecule has 2 heteroatoms. The van der Waals surface area contributed by atoms with Crippen molar-refractivity contribution >= 4 is 0 Å². The molecule has 0 bridgehead atoms. The fourth-order valence-electron chi connectivity index (χ4n) is 3.66. The maximum atomic E-state index is 2.34. The molecular weight excluding hydrogens is 370 g/mol. The second kappa shape index (κ2) is 18.7. The number of hydrogen-bond donors (Lipinski definition) is 1. The molecule has 1 atom stereocenters. The summed E-state index contributed by atoms with van der Waals surface area (Å²) in [6.07, 6.45) is 31.4. The summed E-state index contributed by atoms with van der Waals surface area (Å²) in [4.78, 5) is 1.42. The van der Waals surface area contributed by atoms with Crippen molar-refractivity contribution in [3.8, 4) is 0 Å². The van der Waals surface area contributed by atoms with E-state index >= 15 is 0 Å². The van der Waals surface area contributed by atoms with E-state index in [2.05, 4.69) is 32.4 Å². The van der Waals surface area contributed by atoms with Gasteiger partial charge in [0.05, 0.1) is 13.2 Å². The summed E-state index contributed by atoms with van der Waals surface area (Å²) in [7, 11) is 2.19. The van der Waals surface area contributed by atoms with E-state index in [1.165, 1.54) is 120 Å². The quantitative estimate of drug-likeness (QED) is 0.347. The van der Waals surface area contributed by atoms with Gasteiger partial charge in [-0.05, 0) is 12.8 Å². The molecule has 0 saturated carbocycles. The van der Waals surface area contributed by atoms with E-state index in [-0.39, 0.29) is 17.0 Å². The Morgan fingerprint density at radius 2 is 1.04 bits per heavy atom. The van der Waals surface area contributed by atoms with Gasteiger partial charge in [-0.25, -0.2) is 0 Å². The maximum Gasteiger partial charge on any atom is 0.102 e. The molecule has 1 heterocycles. The van der Waals surface area contributed by atoms with Gasteiger partial charge < -0.3 is 17.0 Å². The first-order valence-electron chi connectivity index (χ1n) is 11.0. The minimum absolute atomic E-state index is 0. The Morgan fingerprint density at radius 3 is 1.40 bits per heavy atom. The van der Waals surface area contributed by atoms with Gasteiger partial charge in [0.1, 0.15) is 6.20 Å². The number of allylic oxidation sites excluding steroid dienone is 2. The molecule has 1 aliphatic heterocycles. The Balaban J connectivity index is 0.00000576. The molecule has 1 N–H and O–H groups in total. The minimum Gasteiger partial charge on any atom is -1.00 e. The SMILES string of the molecule is CCCCCCCCCCCCCCCCCCC1=C[NH+](C)C=C1.[Br-]. The molecule has 0 aromatic heterocycles. The second-order valence-electron chi connectivity index (χ2n) is 7.85. The van der Waals surface area contributed by atoms with Gasteiger partial charge in [0.15, 0.2) is 0 Å². The van der Waals surface area contributed by atoms with Gasteiger partial charge in [-0.2, -0.15) is 0 Å². The van der Waals surface area contributed by atoms with Crippen molar-refractivity contribution < 1.29 is 21.9 Å². The highest BCUT2D eigenvalue weighted by molar-refractivity contribution is 5.17. The van der Waals surface area contributed by atoms with Gasteiger partial charge in [-0.1, -0.05) is 103 Å². The molecule has 1 rings (SSSR count). The van der Waals surface area contributed by atoms with Crippen LogP contribution in [0.1, 0.15) is 116 Å². The van der Waals surface area contributed by atoms with E-state index < -0.39 is 0 Å². The summed E-state index contributed by atoms with van der Waals surface area (Å²) in [6.45, 7) is 2.30. The number of nitrogens with one attached hydrogen (secondary N) is 1. The van der Waals surface area contributed by atoms with Crippen LogP contribution in [0.25, 0.3) is 0 Å². The van der Waals surface area contributed by atoms with Gasteiger partial charge >= 0.3 is 0 Å². The summed E-state index contributed by atoms with van der Waals surface area (Å²) in [6, 6.07) is 0. The molecule has 1 nitrogen and oxygen atoms in total. The average molecular weight is 415 g/mol. The molecule has 0 amide bonds. The van der Waals surface area contributed by atoms with Gasteiger partial charge in [0.25, 0.3) is 0 Å². The highest BCUT2D eigenvalue weighted by atomic mass is 79.9. The summed E-state index contributed by atoms with van der Waals surface area (Å²) in [5, 5.41) is 0. The van der Waals surface area contributed by atoms with E-state index in [9.17, 15) is 0 Å². The maximum absolute atomic E-state index is 2.34. The summed E-state index contributed by atoms with van der Waals surface area (Å²) >= 11 is 0. The van der Waals surface area contributed by atoms with Crippen molar-refractivity contribution in [2.45, 2.75) is 116 Å². The minimum atomic E-state index is 0. The predicted molar refractivity (Wildman–Crippen MR) is 108 cm³/mol. The lowest BCUT2D eigenvalue weighted by molar-refractivity contribution is -0.763. The molecule has 1 unspecified atom stereocenters. The van der Waals surface area contributed by atoms with Crippen LogP contribution in [0.5, 0.6) is 0 Å². The lowest BCUT2D eigenvalue weighted by atomic mass is 10.0. The Kier molecular flexibility index (Phi) is 18.6. The first-order chi connectivity index (χ1) is 11.8. The first-order valence-corrected chi connectivity index (χ1v) is 11.0. The molecule has 0 saturated heterocycles. The molecule has 0 aromatic carbocycles. The third-order valence-electron chi connectivity index (χ3n) is 5.29. The van der Waals surface area contributed by atoms with Crippen LogP contribution in [0.2, 0.25) is 0 Å². The Bertz CT molecular complexity index is 335. The van der Waals surface area contributed by atoms with E-state index in [4.69, 9.17) is 0 Å². The normalized spacial score (nSPS) is 16.1. The Hall–Kier alpha value is -0.0800. The topological polar surface area (TPSA) is 4.44 Å². The molecule has 1 aliphatic rings. The number of halogens is 1. The largest absolute Gasteiger partial charge is 1.00 e. The highest BCUT2D eigenvalue weighted by Gasteiger charge is 2.05. The summed E-state index contributed by atoms with van der Waals surface area (Å²) in [5.41, 5.74) is 1.54. The molecule has 0 aliphatic carbocycles. The van der Waals surface area contributed by atoms with Gasteiger partial charge in [0.2, 0.25) is 0 Å². The molecule has 0 fully saturated rings. The zero-order valence-electron chi connectivity index (χ0n) is 17.1. The zero-order chi connectivity index (χ0) is 17.3. The van der Waals surface area contributed by atoms with Crippen molar-refractivity contribution in [1.82, 2.24) is 0 Å². The van der Waals surface area contributed by atoms with Gasteiger partial charge in [0, 0.05) is 11.6 Å². The van der Waals surface area contributed by atoms with Crippen LogP contribution in [-0.2, 0) is 0 Å². The van der Waals surface area contributed by atoms with Crippen LogP contribution >= 0.6 is 0 Å². The van der Waals surface area contributed by atoms with Crippen molar-refractivity contribution in [1.29, 1.82) is 0 Å². The van der Waals surface area contributed by atoms with E-state index in [1.807, 2.05) is 0 Å². The van der Waals surface area contributed by atoms with Crippen molar-refractivity contribution in [3.63, 3.8) is 0 Å². The Labute approximate surface area is 169 Å². The third kappa shape index (κ3) is 15.9. The standard InChI is InChI=1S/C23H43N.BrH/c1-3-4-5-6-7-8-9-10-11-12-13-14-15-16-17-18-19-23-20-21-24(2)22-23;/h20-22H,3-19H2,1-2H3;1H. The lowest BCUT2D eigenvalue weighted by Gasteiger charge is -2.03. The molecule has 148 valence electrons. The number of rotatable bonds is 17. The van der Waals surface area contributed by atoms with Gasteiger partial charge in [-0.3, -0.25) is 4.90 Å². The highest BCUT2D eigenvalue weighted by Crippen LogP contribution is 2.15. The molecule has 0 radical (unpaired) electrons. The molecular formula is C23H44BrN. The number of hydrogen-bond acceptors (Lipinski definition) is 0. The monoisotopic (exact) mass is 413 g/mol. The van der Waals surface area contributed by atoms with Crippen LogP contribution in [0, 0.1) is 0 Å². The smallest absolute Gasteiger partial charge is 0.102 e. The third-order valence-corrected chi connectivity index (χ3v) is 5.29. The van der Waals surface area contributed by atoms with Crippen LogP contribution in [0.15, 0.2) is 24.0 Å². The van der Waals surface area contributed by atoms with E-state index in [1.54, 1.807) is 0 Å². The van der Waals surface area contributed by atoms with Crippen LogP contribution in [0.3, 0.4) is 0 Å². The van der Waals surface area contributed by atoms with Crippen molar-refractivity contribution in [2.24, 2.45) is 0 Å². The molecule has 25 heavy (non-hydrogen) atoms. The van der Waals surface area contributed by atoms with Crippen LogP contribution in [0.4, 0.5) is 0 Å². The Morgan fingerprint density at radius 1 is 0.640 bits per heavy atom. The lowest BCUT2D eigenvalue weighted by Crippen LogP contribution is -3.00. The predicted octanol–water partition coefficient (Wildman–Crippen LogP) is 3.57. The molecule has 0 spiro atoms. The average Bonchev–Trinajstić information content (AvgIpc) is 3.00. The zero-order valence-corrected chi connectivity index (χ0v) is 18.7. The molecule has 0 aromatic rings. The first kappa shape index (κ1) is 24.9.